The first-order valence-electron chi connectivity index (χ1n) is 8.41. The Kier molecular flexibility index (Phi) is 6.18. The summed E-state index contributed by atoms with van der Waals surface area (Å²) in [6.07, 6.45) is 2.01. The molecule has 0 unspecified atom stereocenters. The molecular formula is C19H20N2O3S3. The van der Waals surface area contributed by atoms with E-state index >= 15 is 0 Å². The number of carbonyl (C=O) groups excluding carboxylic acids is 1. The van der Waals surface area contributed by atoms with Crippen LogP contribution in [0.1, 0.15) is 12.5 Å². The summed E-state index contributed by atoms with van der Waals surface area (Å²) in [6.45, 7) is 2.63. The molecule has 142 valence electrons. The van der Waals surface area contributed by atoms with Gasteiger partial charge in [0.2, 0.25) is 0 Å². The van der Waals surface area contributed by atoms with Crippen molar-refractivity contribution in [3.8, 4) is 0 Å². The van der Waals surface area contributed by atoms with Crippen LogP contribution >= 0.6 is 23.1 Å². The van der Waals surface area contributed by atoms with Gasteiger partial charge >= 0.3 is 0 Å². The van der Waals surface area contributed by atoms with Crippen LogP contribution < -0.4 is 4.80 Å². The molecule has 27 heavy (non-hydrogen) atoms. The molecule has 1 amide bonds. The normalized spacial score (nSPS) is 12.6. The Labute approximate surface area is 166 Å². The third-order valence-electron chi connectivity index (χ3n) is 4.00. The standard InChI is InChI=1S/C19H20N2O3S3/c1-3-21-16-10-9-15(25-2)11-17(16)26-19(21)20-18(22)13-27(23,24)12-14-7-5-4-6-8-14/h4-11H,3,12-13H2,1-2H3. The predicted octanol–water partition coefficient (Wildman–Crippen LogP) is 3.49. The van der Waals surface area contributed by atoms with E-state index in [9.17, 15) is 13.2 Å². The molecule has 0 bridgehead atoms. The number of hydrogen-bond acceptors (Lipinski definition) is 5. The van der Waals surface area contributed by atoms with E-state index in [1.54, 1.807) is 36.0 Å². The lowest BCUT2D eigenvalue weighted by atomic mass is 10.2. The maximum atomic E-state index is 12.3. The van der Waals surface area contributed by atoms with Crippen LogP contribution in [0.5, 0.6) is 0 Å². The number of thioether (sulfide) groups is 1. The minimum absolute atomic E-state index is 0.160. The molecule has 0 aliphatic rings. The van der Waals surface area contributed by atoms with Gasteiger partial charge in [0.1, 0.15) is 5.75 Å². The number of benzene rings is 2. The molecule has 0 radical (unpaired) electrons. The summed E-state index contributed by atoms with van der Waals surface area (Å²) in [4.78, 5) is 18.1. The van der Waals surface area contributed by atoms with E-state index in [1.165, 1.54) is 11.3 Å². The zero-order valence-corrected chi connectivity index (χ0v) is 17.5. The molecule has 0 fully saturated rings. The van der Waals surface area contributed by atoms with Crippen molar-refractivity contribution in [2.24, 2.45) is 4.99 Å². The number of fused-ring (bicyclic) bond motifs is 1. The number of sulfone groups is 1. The third-order valence-corrected chi connectivity index (χ3v) is 7.23. The van der Waals surface area contributed by atoms with E-state index < -0.39 is 21.5 Å². The van der Waals surface area contributed by atoms with Gasteiger partial charge in [0.25, 0.3) is 5.91 Å². The summed E-state index contributed by atoms with van der Waals surface area (Å²) in [7, 11) is -3.57. The fourth-order valence-electron chi connectivity index (χ4n) is 2.78. The molecule has 0 N–H and O–H groups in total. The first kappa shape index (κ1) is 19.9. The second kappa shape index (κ2) is 8.41. The van der Waals surface area contributed by atoms with Crippen LogP contribution in [-0.4, -0.2) is 30.9 Å². The predicted molar refractivity (Wildman–Crippen MR) is 112 cm³/mol. The van der Waals surface area contributed by atoms with Crippen LogP contribution in [0.4, 0.5) is 0 Å². The van der Waals surface area contributed by atoms with Gasteiger partial charge in [-0.15, -0.1) is 11.8 Å². The highest BCUT2D eigenvalue weighted by Crippen LogP contribution is 2.24. The van der Waals surface area contributed by atoms with Crippen molar-refractivity contribution < 1.29 is 13.2 Å². The highest BCUT2D eigenvalue weighted by molar-refractivity contribution is 7.98. The number of amides is 1. The average Bonchev–Trinajstić information content (AvgIpc) is 2.97. The quantitative estimate of drug-likeness (QED) is 0.573. The molecule has 0 aliphatic carbocycles. The molecule has 0 spiro atoms. The van der Waals surface area contributed by atoms with E-state index in [2.05, 4.69) is 11.1 Å². The molecule has 0 atom stereocenters. The van der Waals surface area contributed by atoms with Crippen molar-refractivity contribution in [3.63, 3.8) is 0 Å². The summed E-state index contributed by atoms with van der Waals surface area (Å²) in [5, 5.41) is 0. The van der Waals surface area contributed by atoms with Crippen LogP contribution in [0.3, 0.4) is 0 Å². The molecule has 5 nitrogen and oxygen atoms in total. The largest absolute Gasteiger partial charge is 0.317 e. The van der Waals surface area contributed by atoms with Crippen molar-refractivity contribution in [1.29, 1.82) is 0 Å². The summed E-state index contributed by atoms with van der Waals surface area (Å²) in [6, 6.07) is 15.0. The SMILES string of the molecule is CCn1c(=NC(=O)CS(=O)(=O)Cc2ccccc2)sc2cc(SC)ccc21. The number of thiazole rings is 1. The number of aromatic nitrogens is 1. The number of nitrogens with zero attached hydrogens (tertiary/aromatic N) is 2. The summed E-state index contributed by atoms with van der Waals surface area (Å²) in [5.41, 5.74) is 1.67. The van der Waals surface area contributed by atoms with Crippen molar-refractivity contribution >= 4 is 49.1 Å². The first-order chi connectivity index (χ1) is 12.9. The number of aryl methyl sites for hydroxylation is 1. The zero-order chi connectivity index (χ0) is 19.4. The Morgan fingerprint density at radius 3 is 2.59 bits per heavy atom. The summed E-state index contributed by atoms with van der Waals surface area (Å²) >= 11 is 3.05. The van der Waals surface area contributed by atoms with Crippen LogP contribution in [-0.2, 0) is 26.9 Å². The fraction of sp³-hybridized carbons (Fsp3) is 0.263. The smallest absolute Gasteiger partial charge is 0.263 e. The van der Waals surface area contributed by atoms with Gasteiger partial charge in [-0.05, 0) is 36.9 Å². The van der Waals surface area contributed by atoms with Crippen molar-refractivity contribution in [2.45, 2.75) is 24.1 Å². The Morgan fingerprint density at radius 1 is 1.19 bits per heavy atom. The van der Waals surface area contributed by atoms with Gasteiger partial charge in [-0.2, -0.15) is 4.99 Å². The summed E-state index contributed by atoms with van der Waals surface area (Å²) < 4.78 is 27.6. The van der Waals surface area contributed by atoms with E-state index in [0.717, 1.165) is 15.1 Å². The number of carbonyl (C=O) groups is 1. The minimum atomic E-state index is -3.57. The maximum absolute atomic E-state index is 12.3. The molecule has 2 aromatic carbocycles. The number of rotatable bonds is 6. The van der Waals surface area contributed by atoms with Gasteiger partial charge < -0.3 is 4.57 Å². The van der Waals surface area contributed by atoms with Crippen molar-refractivity contribution in [1.82, 2.24) is 4.57 Å². The summed E-state index contributed by atoms with van der Waals surface area (Å²) in [5.74, 6) is -1.38. The minimum Gasteiger partial charge on any atom is -0.317 e. The van der Waals surface area contributed by atoms with Gasteiger partial charge in [-0.3, -0.25) is 4.79 Å². The molecule has 3 rings (SSSR count). The lowest BCUT2D eigenvalue weighted by Gasteiger charge is -2.03. The third kappa shape index (κ3) is 4.88. The van der Waals surface area contributed by atoms with Gasteiger partial charge in [0, 0.05) is 11.4 Å². The molecular weight excluding hydrogens is 400 g/mol. The average molecular weight is 421 g/mol. The second-order valence-electron chi connectivity index (χ2n) is 5.99. The molecule has 0 saturated carbocycles. The van der Waals surface area contributed by atoms with Gasteiger partial charge in [0.15, 0.2) is 14.6 Å². The molecule has 1 aromatic heterocycles. The lowest BCUT2D eigenvalue weighted by Crippen LogP contribution is -2.21. The van der Waals surface area contributed by atoms with Crippen LogP contribution in [0.2, 0.25) is 0 Å². The molecule has 3 aromatic rings. The van der Waals surface area contributed by atoms with Crippen molar-refractivity contribution in [2.75, 3.05) is 12.0 Å². The highest BCUT2D eigenvalue weighted by atomic mass is 32.2. The molecule has 8 heteroatoms. The number of hydrogen-bond donors (Lipinski definition) is 0. The van der Waals surface area contributed by atoms with Crippen LogP contribution in [0, 0.1) is 0 Å². The fourth-order valence-corrected chi connectivity index (χ4v) is 5.69. The zero-order valence-electron chi connectivity index (χ0n) is 15.1. The monoisotopic (exact) mass is 420 g/mol. The molecule has 1 heterocycles. The Bertz CT molecular complexity index is 1130. The van der Waals surface area contributed by atoms with E-state index in [-0.39, 0.29) is 5.75 Å². The van der Waals surface area contributed by atoms with Gasteiger partial charge in [-0.1, -0.05) is 41.7 Å². The Hall–Kier alpha value is -1.90. The van der Waals surface area contributed by atoms with E-state index in [1.807, 2.05) is 35.9 Å². The topological polar surface area (TPSA) is 68.5 Å². The van der Waals surface area contributed by atoms with E-state index in [0.29, 0.717) is 16.9 Å². The second-order valence-corrected chi connectivity index (χ2v) is 9.94. The highest BCUT2D eigenvalue weighted by Gasteiger charge is 2.17. The van der Waals surface area contributed by atoms with Crippen molar-refractivity contribution in [3.05, 3.63) is 58.9 Å². The molecule has 0 saturated heterocycles. The van der Waals surface area contributed by atoms with Crippen LogP contribution in [0.15, 0.2) is 58.4 Å². The first-order valence-corrected chi connectivity index (χ1v) is 12.3. The van der Waals surface area contributed by atoms with Crippen LogP contribution in [0.25, 0.3) is 10.2 Å². The Morgan fingerprint density at radius 2 is 1.93 bits per heavy atom. The van der Waals surface area contributed by atoms with E-state index in [4.69, 9.17) is 0 Å². The Balaban J connectivity index is 1.88. The maximum Gasteiger partial charge on any atom is 0.263 e. The molecule has 0 aliphatic heterocycles. The van der Waals surface area contributed by atoms with Gasteiger partial charge in [0.05, 0.1) is 16.0 Å². The van der Waals surface area contributed by atoms with Gasteiger partial charge in [-0.25, -0.2) is 8.42 Å². The lowest BCUT2D eigenvalue weighted by molar-refractivity contribution is -0.115.